The van der Waals surface area contributed by atoms with Gasteiger partial charge in [0.25, 0.3) is 0 Å². The Hall–Kier alpha value is -0.310. The lowest BCUT2D eigenvalue weighted by molar-refractivity contribution is 0.960. The van der Waals surface area contributed by atoms with Crippen LogP contribution in [0, 0.1) is 0 Å². The van der Waals surface area contributed by atoms with Crippen molar-refractivity contribution in [2.75, 3.05) is 0 Å². The van der Waals surface area contributed by atoms with Gasteiger partial charge in [0.15, 0.2) is 0 Å². The summed E-state index contributed by atoms with van der Waals surface area (Å²) in [5.74, 6) is 0. The molecule has 0 saturated heterocycles. The quantitative estimate of drug-likeness (QED) is 0.686. The number of rotatable bonds is 3. The van der Waals surface area contributed by atoms with Crippen LogP contribution in [0.3, 0.4) is 0 Å². The predicted octanol–water partition coefficient (Wildman–Crippen LogP) is 4.33. The van der Waals surface area contributed by atoms with E-state index < -0.39 is 0 Å². The molecule has 2 aromatic rings. The molecule has 0 saturated carbocycles. The van der Waals surface area contributed by atoms with Gasteiger partial charge in [0, 0.05) is 16.2 Å². The third-order valence-electron chi connectivity index (χ3n) is 1.81. The molecule has 2 heterocycles. The third-order valence-corrected chi connectivity index (χ3v) is 4.22. The van der Waals surface area contributed by atoms with Crippen LogP contribution in [0.5, 0.6) is 0 Å². The topological polar surface area (TPSA) is 0 Å². The summed E-state index contributed by atoms with van der Waals surface area (Å²) in [5.41, 5.74) is 0. The zero-order valence-electron chi connectivity index (χ0n) is 6.94. The standard InChI is InChI=1S/C10H9ClS2/c11-9(10-4-2-6-13-10)7-8-3-1-5-12-8/h1-6,9H,7H2. The molecule has 1 unspecified atom stereocenters. The molecule has 1 atom stereocenters. The van der Waals surface area contributed by atoms with Crippen molar-refractivity contribution in [2.24, 2.45) is 0 Å². The van der Waals surface area contributed by atoms with Crippen molar-refractivity contribution in [3.05, 3.63) is 44.8 Å². The Labute approximate surface area is 90.8 Å². The number of halogens is 1. The number of thiophene rings is 2. The number of hydrogen-bond acceptors (Lipinski definition) is 2. The van der Waals surface area contributed by atoms with Crippen LogP contribution in [-0.4, -0.2) is 0 Å². The maximum absolute atomic E-state index is 6.26. The first kappa shape index (κ1) is 9.25. The second-order valence-electron chi connectivity index (χ2n) is 2.77. The third kappa shape index (κ3) is 2.33. The average molecular weight is 229 g/mol. The fourth-order valence-corrected chi connectivity index (χ4v) is 3.11. The predicted molar refractivity (Wildman–Crippen MR) is 60.9 cm³/mol. The number of alkyl halides is 1. The largest absolute Gasteiger partial charge is 0.149 e. The fraction of sp³-hybridized carbons (Fsp3) is 0.200. The van der Waals surface area contributed by atoms with Crippen LogP contribution in [-0.2, 0) is 6.42 Å². The molecular formula is C10H9ClS2. The first-order chi connectivity index (χ1) is 6.36. The van der Waals surface area contributed by atoms with E-state index in [-0.39, 0.29) is 5.38 Å². The molecule has 0 bridgehead atoms. The van der Waals surface area contributed by atoms with Gasteiger partial charge in [0.05, 0.1) is 5.38 Å². The van der Waals surface area contributed by atoms with Gasteiger partial charge in [-0.05, 0) is 22.9 Å². The second kappa shape index (κ2) is 4.27. The highest BCUT2D eigenvalue weighted by atomic mass is 35.5. The number of hydrogen-bond donors (Lipinski definition) is 0. The van der Waals surface area contributed by atoms with Crippen LogP contribution in [0.1, 0.15) is 15.1 Å². The van der Waals surface area contributed by atoms with Crippen molar-refractivity contribution >= 4 is 34.3 Å². The monoisotopic (exact) mass is 228 g/mol. The van der Waals surface area contributed by atoms with Crippen LogP contribution >= 0.6 is 34.3 Å². The van der Waals surface area contributed by atoms with Crippen LogP contribution in [0.4, 0.5) is 0 Å². The highest BCUT2D eigenvalue weighted by molar-refractivity contribution is 7.10. The lowest BCUT2D eigenvalue weighted by Gasteiger charge is -2.03. The fourth-order valence-electron chi connectivity index (χ4n) is 1.18. The van der Waals surface area contributed by atoms with E-state index >= 15 is 0 Å². The Bertz CT molecular complexity index is 337. The van der Waals surface area contributed by atoms with E-state index in [9.17, 15) is 0 Å². The van der Waals surface area contributed by atoms with Crippen LogP contribution < -0.4 is 0 Å². The normalized spacial score (nSPS) is 13.0. The Morgan fingerprint density at radius 2 is 1.92 bits per heavy atom. The summed E-state index contributed by atoms with van der Waals surface area (Å²) < 4.78 is 0. The Morgan fingerprint density at radius 3 is 2.54 bits per heavy atom. The smallest absolute Gasteiger partial charge is 0.0726 e. The van der Waals surface area contributed by atoms with E-state index in [0.29, 0.717) is 0 Å². The average Bonchev–Trinajstić information content (AvgIpc) is 2.74. The first-order valence-corrected chi connectivity index (χ1v) is 6.25. The van der Waals surface area contributed by atoms with Gasteiger partial charge in [0.2, 0.25) is 0 Å². The van der Waals surface area contributed by atoms with Crippen molar-refractivity contribution in [3.8, 4) is 0 Å². The van der Waals surface area contributed by atoms with E-state index in [1.165, 1.54) is 9.75 Å². The van der Waals surface area contributed by atoms with Gasteiger partial charge in [-0.1, -0.05) is 12.1 Å². The minimum atomic E-state index is 0.138. The molecule has 2 rings (SSSR count). The van der Waals surface area contributed by atoms with Gasteiger partial charge in [-0.15, -0.1) is 34.3 Å². The van der Waals surface area contributed by atoms with Gasteiger partial charge >= 0.3 is 0 Å². The second-order valence-corrected chi connectivity index (χ2v) is 5.30. The van der Waals surface area contributed by atoms with Crippen LogP contribution in [0.15, 0.2) is 35.0 Å². The maximum Gasteiger partial charge on any atom is 0.0726 e. The highest BCUT2D eigenvalue weighted by Crippen LogP contribution is 2.29. The van der Waals surface area contributed by atoms with Crippen molar-refractivity contribution in [1.29, 1.82) is 0 Å². The molecule has 0 nitrogen and oxygen atoms in total. The van der Waals surface area contributed by atoms with E-state index in [4.69, 9.17) is 11.6 Å². The van der Waals surface area contributed by atoms with Crippen molar-refractivity contribution in [3.63, 3.8) is 0 Å². The molecule has 68 valence electrons. The molecular weight excluding hydrogens is 220 g/mol. The Balaban J connectivity index is 2.04. The van der Waals surface area contributed by atoms with Crippen LogP contribution in [0.2, 0.25) is 0 Å². The van der Waals surface area contributed by atoms with Gasteiger partial charge in [-0.3, -0.25) is 0 Å². The molecule has 0 amide bonds. The lowest BCUT2D eigenvalue weighted by atomic mass is 10.2. The Kier molecular flexibility index (Phi) is 3.04. The molecule has 0 aliphatic rings. The first-order valence-electron chi connectivity index (χ1n) is 4.06. The lowest BCUT2D eigenvalue weighted by Crippen LogP contribution is -1.89. The summed E-state index contributed by atoms with van der Waals surface area (Å²) in [6, 6.07) is 8.34. The molecule has 0 aromatic carbocycles. The molecule has 0 radical (unpaired) electrons. The summed E-state index contributed by atoms with van der Waals surface area (Å²) in [5, 5.41) is 4.30. The van der Waals surface area contributed by atoms with Crippen molar-refractivity contribution in [1.82, 2.24) is 0 Å². The maximum atomic E-state index is 6.26. The zero-order valence-corrected chi connectivity index (χ0v) is 9.33. The van der Waals surface area contributed by atoms with Crippen LogP contribution in [0.25, 0.3) is 0 Å². The van der Waals surface area contributed by atoms with E-state index in [0.717, 1.165) is 6.42 Å². The Morgan fingerprint density at radius 1 is 1.15 bits per heavy atom. The molecule has 13 heavy (non-hydrogen) atoms. The molecule has 0 spiro atoms. The molecule has 0 fully saturated rings. The van der Waals surface area contributed by atoms with Gasteiger partial charge in [-0.2, -0.15) is 0 Å². The molecule has 2 aromatic heterocycles. The molecule has 0 aliphatic heterocycles. The van der Waals surface area contributed by atoms with Gasteiger partial charge in [0.1, 0.15) is 0 Å². The molecule has 0 aliphatic carbocycles. The van der Waals surface area contributed by atoms with Crippen molar-refractivity contribution < 1.29 is 0 Å². The zero-order chi connectivity index (χ0) is 9.10. The minimum Gasteiger partial charge on any atom is -0.149 e. The summed E-state index contributed by atoms with van der Waals surface area (Å²) in [4.78, 5) is 2.61. The van der Waals surface area contributed by atoms with E-state index in [2.05, 4.69) is 29.0 Å². The summed E-state index contributed by atoms with van der Waals surface area (Å²) in [7, 11) is 0. The molecule has 3 heteroatoms. The highest BCUT2D eigenvalue weighted by Gasteiger charge is 2.09. The summed E-state index contributed by atoms with van der Waals surface area (Å²) in [6.07, 6.45) is 0.944. The SMILES string of the molecule is ClC(Cc1cccs1)c1cccs1. The minimum absolute atomic E-state index is 0.138. The van der Waals surface area contributed by atoms with Gasteiger partial charge in [-0.25, -0.2) is 0 Å². The van der Waals surface area contributed by atoms with Crippen molar-refractivity contribution in [2.45, 2.75) is 11.8 Å². The molecule has 0 N–H and O–H groups in total. The summed E-state index contributed by atoms with van der Waals surface area (Å²) >= 11 is 9.75. The summed E-state index contributed by atoms with van der Waals surface area (Å²) in [6.45, 7) is 0. The van der Waals surface area contributed by atoms with E-state index in [1.807, 2.05) is 6.07 Å². The van der Waals surface area contributed by atoms with E-state index in [1.54, 1.807) is 22.7 Å². The van der Waals surface area contributed by atoms with Gasteiger partial charge < -0.3 is 0 Å².